The lowest BCUT2D eigenvalue weighted by Gasteiger charge is -2.70. The Balaban J connectivity index is 1.42. The maximum atomic E-state index is 14.1. The molecule has 266 valence electrons. The second kappa shape index (κ2) is 11.5. The first kappa shape index (κ1) is 35.4. The standard InChI is InChI=1S/C40H58O8/c1-23(41)46-30-16-18-37(6)28(35(30,2)3)15-20-38(7)29(37)22-27(47-34(44)25-13-11-10-12-24(25)33(42)43)32-26(14-19-39(32,38)8)40(9)21-17-31(48-40)36(4,5)45/h10-13,26-32,45H,14-22H2,1-9H3,(H,42,43)/t26-,27+,28-,29+,30-,31+,32-,37-,38+,39+,40-/m0/s1. The minimum atomic E-state index is -1.15. The van der Waals surface area contributed by atoms with Crippen LogP contribution < -0.4 is 0 Å². The highest BCUT2D eigenvalue weighted by Crippen LogP contribution is 2.76. The fourth-order valence-electron chi connectivity index (χ4n) is 12.6. The summed E-state index contributed by atoms with van der Waals surface area (Å²) in [5.41, 5.74) is -1.89. The number of hydrogen-bond donors (Lipinski definition) is 2. The van der Waals surface area contributed by atoms with Crippen LogP contribution in [0.5, 0.6) is 0 Å². The van der Waals surface area contributed by atoms with Crippen LogP contribution in [-0.2, 0) is 19.0 Å². The van der Waals surface area contributed by atoms with Gasteiger partial charge in [-0.2, -0.15) is 0 Å². The Morgan fingerprint density at radius 2 is 1.48 bits per heavy atom. The van der Waals surface area contributed by atoms with E-state index in [0.717, 1.165) is 51.4 Å². The molecular weight excluding hydrogens is 608 g/mol. The molecule has 5 fully saturated rings. The van der Waals surface area contributed by atoms with E-state index in [4.69, 9.17) is 14.2 Å². The van der Waals surface area contributed by atoms with Crippen LogP contribution in [0.3, 0.4) is 0 Å². The Bertz CT molecular complexity index is 1460. The van der Waals surface area contributed by atoms with Gasteiger partial charge in [-0.1, -0.05) is 46.8 Å². The fourth-order valence-corrected chi connectivity index (χ4v) is 12.6. The quantitative estimate of drug-likeness (QED) is 0.295. The Kier molecular flexibility index (Phi) is 8.51. The highest BCUT2D eigenvalue weighted by atomic mass is 16.6. The zero-order valence-corrected chi connectivity index (χ0v) is 30.6. The number of aromatic carboxylic acids is 1. The number of carbonyl (C=O) groups excluding carboxylic acids is 2. The van der Waals surface area contributed by atoms with E-state index in [1.807, 2.05) is 13.8 Å². The van der Waals surface area contributed by atoms with Crippen LogP contribution in [0.2, 0.25) is 0 Å². The highest BCUT2D eigenvalue weighted by molar-refractivity contribution is 6.02. The van der Waals surface area contributed by atoms with Crippen molar-refractivity contribution in [2.75, 3.05) is 0 Å². The van der Waals surface area contributed by atoms with Crippen molar-refractivity contribution < 1.29 is 38.8 Å². The number of carbonyl (C=O) groups is 3. The monoisotopic (exact) mass is 666 g/mol. The fraction of sp³-hybridized carbons (Fsp3) is 0.775. The maximum absolute atomic E-state index is 14.1. The van der Waals surface area contributed by atoms with Crippen molar-refractivity contribution in [2.24, 2.45) is 45.3 Å². The van der Waals surface area contributed by atoms with Gasteiger partial charge in [-0.05, 0) is 125 Å². The minimum Gasteiger partial charge on any atom is -0.478 e. The first-order valence-corrected chi connectivity index (χ1v) is 18.3. The largest absolute Gasteiger partial charge is 0.478 e. The third-order valence-electron chi connectivity index (χ3n) is 15.1. The van der Waals surface area contributed by atoms with E-state index < -0.39 is 29.2 Å². The average Bonchev–Trinajstić information content (AvgIpc) is 3.58. The van der Waals surface area contributed by atoms with Crippen molar-refractivity contribution in [1.82, 2.24) is 0 Å². The van der Waals surface area contributed by atoms with Crippen LogP contribution >= 0.6 is 0 Å². The van der Waals surface area contributed by atoms with Crippen molar-refractivity contribution in [3.63, 3.8) is 0 Å². The van der Waals surface area contributed by atoms with Gasteiger partial charge in [-0.3, -0.25) is 4.79 Å². The van der Waals surface area contributed by atoms with Gasteiger partial charge in [0.05, 0.1) is 28.4 Å². The second-order valence-corrected chi connectivity index (χ2v) is 18.3. The molecule has 1 aromatic rings. The highest BCUT2D eigenvalue weighted by Gasteiger charge is 2.73. The molecule has 0 aromatic heterocycles. The lowest BCUT2D eigenvalue weighted by atomic mass is 9.35. The van der Waals surface area contributed by atoms with E-state index >= 15 is 0 Å². The summed E-state index contributed by atoms with van der Waals surface area (Å²) in [6.45, 7) is 19.2. The Hall–Kier alpha value is -2.45. The molecule has 0 bridgehead atoms. The van der Waals surface area contributed by atoms with E-state index in [0.29, 0.717) is 12.3 Å². The van der Waals surface area contributed by atoms with Crippen LogP contribution in [0.15, 0.2) is 24.3 Å². The molecule has 1 saturated heterocycles. The summed E-state index contributed by atoms with van der Waals surface area (Å²) in [7, 11) is 0. The SMILES string of the molecule is CC(=O)O[C@H]1CC[C@]2(C)[C@H]3C[C@@H](OC(=O)c4ccccc4C(=O)O)[C@@H]4[C@@H]([C@]5(C)CC[C@H](C(C)(C)O)O5)CC[C@@]4(C)[C@]3(C)CC[C@H]2C1(C)C. The summed E-state index contributed by atoms with van der Waals surface area (Å²) in [5.74, 6) is -1.27. The molecule has 2 N–H and O–H groups in total. The number of benzene rings is 1. The van der Waals surface area contributed by atoms with Gasteiger partial charge in [0.15, 0.2) is 0 Å². The van der Waals surface area contributed by atoms with E-state index in [1.54, 1.807) is 18.2 Å². The summed E-state index contributed by atoms with van der Waals surface area (Å²) in [5, 5.41) is 20.8. The van der Waals surface area contributed by atoms with Gasteiger partial charge in [-0.15, -0.1) is 0 Å². The van der Waals surface area contributed by atoms with Crippen molar-refractivity contribution in [3.8, 4) is 0 Å². The molecule has 1 aliphatic heterocycles. The van der Waals surface area contributed by atoms with Gasteiger partial charge in [-0.25, -0.2) is 9.59 Å². The lowest BCUT2D eigenvalue weighted by molar-refractivity contribution is -0.250. The number of ether oxygens (including phenoxy) is 3. The number of hydrogen-bond acceptors (Lipinski definition) is 7. The summed E-state index contributed by atoms with van der Waals surface area (Å²) >= 11 is 0. The zero-order valence-electron chi connectivity index (χ0n) is 30.6. The van der Waals surface area contributed by atoms with Crippen LogP contribution in [0.4, 0.5) is 0 Å². The number of esters is 2. The predicted octanol–water partition coefficient (Wildman–Crippen LogP) is 7.85. The number of fused-ring (bicyclic) bond motifs is 5. The smallest absolute Gasteiger partial charge is 0.339 e. The molecule has 11 atom stereocenters. The molecule has 4 aliphatic carbocycles. The molecule has 48 heavy (non-hydrogen) atoms. The van der Waals surface area contributed by atoms with E-state index in [9.17, 15) is 24.6 Å². The summed E-state index contributed by atoms with van der Waals surface area (Å²) in [6, 6.07) is 6.32. The van der Waals surface area contributed by atoms with Gasteiger partial charge < -0.3 is 24.4 Å². The van der Waals surface area contributed by atoms with Gasteiger partial charge in [0.2, 0.25) is 0 Å². The Morgan fingerprint density at radius 1 is 0.833 bits per heavy atom. The van der Waals surface area contributed by atoms with Crippen LogP contribution in [-0.4, -0.2) is 57.6 Å². The third kappa shape index (κ3) is 5.25. The molecular formula is C40H58O8. The molecule has 1 aromatic carbocycles. The Labute approximate surface area is 286 Å². The number of carboxylic acid groups (broad SMARTS) is 1. The first-order chi connectivity index (χ1) is 22.2. The first-order valence-electron chi connectivity index (χ1n) is 18.3. The van der Waals surface area contributed by atoms with E-state index in [1.165, 1.54) is 13.0 Å². The van der Waals surface area contributed by atoms with Crippen molar-refractivity contribution in [2.45, 2.75) is 150 Å². The number of aliphatic hydroxyl groups is 1. The number of rotatable bonds is 6. The molecule has 0 unspecified atom stereocenters. The molecule has 4 saturated carbocycles. The number of carboxylic acids is 1. The van der Waals surface area contributed by atoms with Crippen molar-refractivity contribution in [1.29, 1.82) is 0 Å². The van der Waals surface area contributed by atoms with E-state index in [2.05, 4.69) is 41.5 Å². The molecule has 5 aliphatic rings. The van der Waals surface area contributed by atoms with Crippen LogP contribution in [0, 0.1) is 45.3 Å². The van der Waals surface area contributed by atoms with Gasteiger partial charge in [0.25, 0.3) is 0 Å². The minimum absolute atomic E-state index is 0.00999. The molecule has 0 amide bonds. The van der Waals surface area contributed by atoms with Gasteiger partial charge >= 0.3 is 17.9 Å². The molecule has 6 rings (SSSR count). The normalized spacial score (nSPS) is 43.4. The van der Waals surface area contributed by atoms with Gasteiger partial charge in [0, 0.05) is 18.3 Å². The molecule has 0 spiro atoms. The maximum Gasteiger partial charge on any atom is 0.339 e. The summed E-state index contributed by atoms with van der Waals surface area (Å²) < 4.78 is 19.4. The Morgan fingerprint density at radius 3 is 2.08 bits per heavy atom. The van der Waals surface area contributed by atoms with Crippen LogP contribution in [0.25, 0.3) is 0 Å². The predicted molar refractivity (Wildman–Crippen MR) is 181 cm³/mol. The van der Waals surface area contributed by atoms with Crippen molar-refractivity contribution >= 4 is 17.9 Å². The molecule has 1 heterocycles. The van der Waals surface area contributed by atoms with Gasteiger partial charge in [0.1, 0.15) is 12.2 Å². The zero-order chi connectivity index (χ0) is 35.2. The summed E-state index contributed by atoms with van der Waals surface area (Å²) in [4.78, 5) is 38.3. The molecule has 0 radical (unpaired) electrons. The van der Waals surface area contributed by atoms with E-state index in [-0.39, 0.29) is 68.7 Å². The topological polar surface area (TPSA) is 119 Å². The van der Waals surface area contributed by atoms with Crippen molar-refractivity contribution in [3.05, 3.63) is 35.4 Å². The summed E-state index contributed by atoms with van der Waals surface area (Å²) in [6.07, 6.45) is 7.21. The lowest BCUT2D eigenvalue weighted by Crippen LogP contribution is -2.67. The second-order valence-electron chi connectivity index (χ2n) is 18.3. The average molecular weight is 667 g/mol. The molecule has 8 nitrogen and oxygen atoms in total. The molecule has 8 heteroatoms. The van der Waals surface area contributed by atoms with Crippen LogP contribution in [0.1, 0.15) is 141 Å². The third-order valence-corrected chi connectivity index (χ3v) is 15.1.